The first-order valence-corrected chi connectivity index (χ1v) is 9.32. The summed E-state index contributed by atoms with van der Waals surface area (Å²) in [5.74, 6) is -1.17. The van der Waals surface area contributed by atoms with Crippen molar-refractivity contribution in [3.8, 4) is 0 Å². The molecule has 0 saturated carbocycles. The number of rotatable bonds is 5. The van der Waals surface area contributed by atoms with E-state index >= 15 is 0 Å². The Balaban J connectivity index is 2.23. The van der Waals surface area contributed by atoms with E-state index in [1.54, 1.807) is 12.1 Å². The molecule has 2 N–H and O–H groups in total. The van der Waals surface area contributed by atoms with Crippen molar-refractivity contribution in [2.24, 2.45) is 0 Å². The Morgan fingerprint density at radius 2 is 2.05 bits per heavy atom. The summed E-state index contributed by atoms with van der Waals surface area (Å²) in [5.41, 5.74) is -0.0438. The summed E-state index contributed by atoms with van der Waals surface area (Å²) < 4.78 is 27.8. The van der Waals surface area contributed by atoms with Gasteiger partial charge in [0.1, 0.15) is 0 Å². The van der Waals surface area contributed by atoms with Crippen LogP contribution in [0.3, 0.4) is 0 Å². The third kappa shape index (κ3) is 4.16. The van der Waals surface area contributed by atoms with Crippen molar-refractivity contribution in [1.29, 1.82) is 0 Å². The molecule has 0 aliphatic rings. The van der Waals surface area contributed by atoms with E-state index in [4.69, 9.17) is 16.7 Å². The van der Waals surface area contributed by atoms with Gasteiger partial charge >= 0.3 is 5.97 Å². The topological polar surface area (TPSA) is 83.5 Å². The molecular weight excluding hydrogens is 449 g/mol. The zero-order chi connectivity index (χ0) is 15.6. The van der Waals surface area contributed by atoms with Crippen LogP contribution in [-0.2, 0) is 16.6 Å². The maximum absolute atomic E-state index is 12.2. The fourth-order valence-electron chi connectivity index (χ4n) is 1.53. The van der Waals surface area contributed by atoms with E-state index in [9.17, 15) is 13.2 Å². The number of carboxylic acid groups (broad SMARTS) is 1. The fraction of sp³-hybridized carbons (Fsp3) is 0.0833. The standard InChI is InChI=1S/C12H9ClINO4S2/c13-11-4-1-7(20-11)6-15-21(18,19)8-2-3-10(14)9(5-8)12(16)17/h1-5,15H,6H2,(H,16,17). The fourth-order valence-corrected chi connectivity index (χ4v) is 4.25. The van der Waals surface area contributed by atoms with Gasteiger partial charge in [-0.1, -0.05) is 11.6 Å². The number of carboxylic acids is 1. The highest BCUT2D eigenvalue weighted by molar-refractivity contribution is 14.1. The SMILES string of the molecule is O=C(O)c1cc(S(=O)(=O)NCc2ccc(Cl)s2)ccc1I. The minimum absolute atomic E-state index is 0.0438. The molecular formula is C12H9ClINO4S2. The number of halogens is 2. The molecule has 112 valence electrons. The summed E-state index contributed by atoms with van der Waals surface area (Å²) in [6.45, 7) is 0.105. The summed E-state index contributed by atoms with van der Waals surface area (Å²) in [4.78, 5) is 11.7. The molecule has 1 aromatic carbocycles. The highest BCUT2D eigenvalue weighted by Crippen LogP contribution is 2.22. The second-order valence-electron chi connectivity index (χ2n) is 3.98. The van der Waals surface area contributed by atoms with Crippen molar-refractivity contribution in [3.05, 3.63) is 48.7 Å². The Morgan fingerprint density at radius 3 is 2.62 bits per heavy atom. The number of benzene rings is 1. The Labute approximate surface area is 144 Å². The van der Waals surface area contributed by atoms with Gasteiger partial charge in [-0.15, -0.1) is 11.3 Å². The van der Waals surface area contributed by atoms with Gasteiger partial charge < -0.3 is 5.11 Å². The summed E-state index contributed by atoms with van der Waals surface area (Å²) in [5, 5.41) is 9.03. The maximum atomic E-state index is 12.2. The number of sulfonamides is 1. The van der Waals surface area contributed by atoms with Gasteiger partial charge in [0.25, 0.3) is 0 Å². The average molecular weight is 458 g/mol. The van der Waals surface area contributed by atoms with E-state index in [0.717, 1.165) is 10.9 Å². The number of nitrogens with one attached hydrogen (secondary N) is 1. The first-order chi connectivity index (χ1) is 9.79. The molecule has 0 radical (unpaired) electrons. The molecule has 5 nitrogen and oxygen atoms in total. The quantitative estimate of drug-likeness (QED) is 0.676. The summed E-state index contributed by atoms with van der Waals surface area (Å²) >= 11 is 8.90. The lowest BCUT2D eigenvalue weighted by molar-refractivity contribution is 0.0695. The van der Waals surface area contributed by atoms with Gasteiger partial charge in [0.15, 0.2) is 0 Å². The van der Waals surface area contributed by atoms with E-state index in [-0.39, 0.29) is 17.0 Å². The molecule has 0 amide bonds. The number of hydrogen-bond donors (Lipinski definition) is 2. The second-order valence-corrected chi connectivity index (χ2v) is 8.71. The van der Waals surface area contributed by atoms with E-state index in [1.807, 2.05) is 22.6 Å². The van der Waals surface area contributed by atoms with Crippen LogP contribution in [0, 0.1) is 3.57 Å². The third-order valence-electron chi connectivity index (χ3n) is 2.54. The van der Waals surface area contributed by atoms with Gasteiger partial charge in [0.05, 0.1) is 14.8 Å². The predicted molar refractivity (Wildman–Crippen MR) is 89.5 cm³/mol. The van der Waals surface area contributed by atoms with Gasteiger partial charge in [0.2, 0.25) is 10.0 Å². The molecule has 1 heterocycles. The van der Waals surface area contributed by atoms with Gasteiger partial charge in [-0.25, -0.2) is 17.9 Å². The summed E-state index contributed by atoms with van der Waals surface area (Å²) in [6, 6.07) is 7.39. The van der Waals surface area contributed by atoms with Crippen molar-refractivity contribution in [2.75, 3.05) is 0 Å². The van der Waals surface area contributed by atoms with Crippen molar-refractivity contribution in [1.82, 2.24) is 4.72 Å². The van der Waals surface area contributed by atoms with E-state index in [0.29, 0.717) is 7.91 Å². The van der Waals surface area contributed by atoms with Crippen LogP contribution in [0.2, 0.25) is 4.34 Å². The van der Waals surface area contributed by atoms with Crippen LogP contribution in [0.5, 0.6) is 0 Å². The number of thiophene rings is 1. The number of hydrogen-bond acceptors (Lipinski definition) is 4. The minimum atomic E-state index is -3.78. The number of carbonyl (C=O) groups is 1. The highest BCUT2D eigenvalue weighted by atomic mass is 127. The summed E-state index contributed by atoms with van der Waals surface area (Å²) in [7, 11) is -3.78. The first-order valence-electron chi connectivity index (χ1n) is 5.56. The molecule has 0 spiro atoms. The zero-order valence-electron chi connectivity index (χ0n) is 10.3. The molecule has 0 atom stereocenters. The number of aromatic carboxylic acids is 1. The van der Waals surface area contributed by atoms with Crippen molar-refractivity contribution >= 4 is 61.5 Å². The molecule has 0 saturated heterocycles. The predicted octanol–water partition coefficient (Wildman–Crippen LogP) is 3.18. The lowest BCUT2D eigenvalue weighted by Crippen LogP contribution is -2.23. The van der Waals surface area contributed by atoms with Gasteiger partial charge in [-0.2, -0.15) is 0 Å². The molecule has 0 aliphatic heterocycles. The molecule has 0 unspecified atom stereocenters. The van der Waals surface area contributed by atoms with Crippen molar-refractivity contribution in [3.63, 3.8) is 0 Å². The molecule has 9 heteroatoms. The molecule has 0 bridgehead atoms. The van der Waals surface area contributed by atoms with Crippen molar-refractivity contribution < 1.29 is 18.3 Å². The lowest BCUT2D eigenvalue weighted by Gasteiger charge is -2.07. The Hall–Kier alpha value is -0.680. The van der Waals surface area contributed by atoms with E-state index in [1.165, 1.54) is 23.5 Å². The van der Waals surface area contributed by atoms with E-state index < -0.39 is 16.0 Å². The second kappa shape index (κ2) is 6.61. The molecule has 21 heavy (non-hydrogen) atoms. The minimum Gasteiger partial charge on any atom is -0.478 e. The molecule has 1 aromatic heterocycles. The highest BCUT2D eigenvalue weighted by Gasteiger charge is 2.18. The average Bonchev–Trinajstić information content (AvgIpc) is 2.82. The van der Waals surface area contributed by atoms with Crippen LogP contribution in [-0.4, -0.2) is 19.5 Å². The smallest absolute Gasteiger partial charge is 0.336 e. The molecule has 0 aliphatic carbocycles. The van der Waals surface area contributed by atoms with Crippen LogP contribution in [0.25, 0.3) is 0 Å². The van der Waals surface area contributed by atoms with Crippen LogP contribution in [0.15, 0.2) is 35.2 Å². The Bertz CT molecular complexity index is 788. The van der Waals surface area contributed by atoms with Crippen LogP contribution in [0.4, 0.5) is 0 Å². The first kappa shape index (κ1) is 16.7. The van der Waals surface area contributed by atoms with E-state index in [2.05, 4.69) is 4.72 Å². The van der Waals surface area contributed by atoms with Gasteiger partial charge in [0, 0.05) is 15.0 Å². The zero-order valence-corrected chi connectivity index (χ0v) is 14.9. The third-order valence-corrected chi connectivity index (χ3v) is 6.11. The summed E-state index contributed by atoms with van der Waals surface area (Å²) in [6.07, 6.45) is 0. The van der Waals surface area contributed by atoms with Crippen LogP contribution < -0.4 is 4.72 Å². The van der Waals surface area contributed by atoms with Gasteiger partial charge in [-0.3, -0.25) is 0 Å². The lowest BCUT2D eigenvalue weighted by atomic mass is 10.2. The van der Waals surface area contributed by atoms with Crippen LogP contribution >= 0.6 is 45.5 Å². The Morgan fingerprint density at radius 1 is 1.33 bits per heavy atom. The molecule has 0 fully saturated rings. The van der Waals surface area contributed by atoms with Crippen molar-refractivity contribution in [2.45, 2.75) is 11.4 Å². The molecule has 2 rings (SSSR count). The monoisotopic (exact) mass is 457 g/mol. The van der Waals surface area contributed by atoms with Crippen LogP contribution in [0.1, 0.15) is 15.2 Å². The Kier molecular flexibility index (Phi) is 5.25. The molecule has 2 aromatic rings. The normalized spacial score (nSPS) is 11.5. The maximum Gasteiger partial charge on any atom is 0.336 e. The largest absolute Gasteiger partial charge is 0.478 e. The van der Waals surface area contributed by atoms with Gasteiger partial charge in [-0.05, 0) is 52.9 Å².